The van der Waals surface area contributed by atoms with Gasteiger partial charge in [-0.25, -0.2) is 9.69 Å². The van der Waals surface area contributed by atoms with Gasteiger partial charge in [-0.3, -0.25) is 14.9 Å². The summed E-state index contributed by atoms with van der Waals surface area (Å²) in [5.74, 6) is -2.59. The van der Waals surface area contributed by atoms with Crippen LogP contribution in [-0.4, -0.2) is 30.4 Å². The number of ether oxygens (including phenoxy) is 1. The zero-order valence-electron chi connectivity index (χ0n) is 14.8. The van der Waals surface area contributed by atoms with E-state index in [1.165, 1.54) is 18.2 Å². The number of carboxylic acids is 1. The van der Waals surface area contributed by atoms with E-state index in [-0.39, 0.29) is 5.57 Å². The molecule has 1 heterocycles. The molecular formula is C20H15N2O6-. The van der Waals surface area contributed by atoms with E-state index >= 15 is 0 Å². The average Bonchev–Trinajstić information content (AvgIpc) is 2.64. The molecule has 0 aliphatic carbocycles. The highest BCUT2D eigenvalue weighted by Crippen LogP contribution is 2.23. The highest BCUT2D eigenvalue weighted by Gasteiger charge is 2.36. The lowest BCUT2D eigenvalue weighted by atomic mass is 10.1. The average molecular weight is 379 g/mol. The minimum absolute atomic E-state index is 0.204. The maximum absolute atomic E-state index is 12.8. The summed E-state index contributed by atoms with van der Waals surface area (Å²) in [4.78, 5) is 48.4. The summed E-state index contributed by atoms with van der Waals surface area (Å²) >= 11 is 0. The zero-order valence-corrected chi connectivity index (χ0v) is 14.8. The predicted octanol–water partition coefficient (Wildman–Crippen LogP) is 0.790. The second kappa shape index (κ2) is 7.75. The Labute approximate surface area is 160 Å². The number of rotatable bonds is 5. The molecule has 0 aromatic heterocycles. The van der Waals surface area contributed by atoms with Crippen molar-refractivity contribution in [2.75, 3.05) is 11.5 Å². The largest absolute Gasteiger partial charge is 0.546 e. The molecule has 0 unspecified atom stereocenters. The number of hydrogen-bond donors (Lipinski definition) is 1. The first-order valence-corrected chi connectivity index (χ1v) is 8.26. The fourth-order valence-corrected chi connectivity index (χ4v) is 2.63. The summed E-state index contributed by atoms with van der Waals surface area (Å²) in [6.45, 7) is 1.23. The monoisotopic (exact) mass is 379 g/mol. The Hall–Kier alpha value is -3.94. The van der Waals surface area contributed by atoms with Crippen LogP contribution in [0.4, 0.5) is 10.5 Å². The second-order valence-corrected chi connectivity index (χ2v) is 6.03. The van der Waals surface area contributed by atoms with Crippen molar-refractivity contribution in [2.24, 2.45) is 0 Å². The Kier molecular flexibility index (Phi) is 5.21. The van der Waals surface area contributed by atoms with Crippen LogP contribution in [0.15, 0.2) is 54.1 Å². The van der Waals surface area contributed by atoms with E-state index in [9.17, 15) is 24.3 Å². The smallest absolute Gasteiger partial charge is 0.335 e. The van der Waals surface area contributed by atoms with Gasteiger partial charge in [0.05, 0.1) is 11.7 Å². The minimum Gasteiger partial charge on any atom is -0.546 e. The molecule has 1 aliphatic rings. The third kappa shape index (κ3) is 4.07. The number of barbiturate groups is 1. The molecule has 1 aliphatic heterocycles. The number of nitrogens with zero attached hydrogens (tertiary/aromatic N) is 1. The van der Waals surface area contributed by atoms with Crippen molar-refractivity contribution < 1.29 is 29.0 Å². The number of imide groups is 2. The number of hydrogen-bond acceptors (Lipinski definition) is 6. The zero-order chi connectivity index (χ0) is 20.3. The topological polar surface area (TPSA) is 116 Å². The van der Waals surface area contributed by atoms with Crippen LogP contribution >= 0.6 is 0 Å². The van der Waals surface area contributed by atoms with E-state index in [2.05, 4.69) is 5.32 Å². The number of aliphatic carboxylic acids is 1. The van der Waals surface area contributed by atoms with Crippen LogP contribution in [0.5, 0.6) is 5.75 Å². The minimum atomic E-state index is -1.35. The van der Waals surface area contributed by atoms with Gasteiger partial charge in [0.1, 0.15) is 17.9 Å². The number of carbonyl (C=O) groups excluding carboxylic acids is 4. The summed E-state index contributed by atoms with van der Waals surface area (Å²) in [7, 11) is 0. The lowest BCUT2D eigenvalue weighted by molar-refractivity contribution is -0.307. The molecule has 1 N–H and O–H groups in total. The highest BCUT2D eigenvalue weighted by atomic mass is 16.5. The molecule has 4 amide bonds. The van der Waals surface area contributed by atoms with Gasteiger partial charge < -0.3 is 14.6 Å². The molecule has 28 heavy (non-hydrogen) atoms. The molecule has 1 fully saturated rings. The van der Waals surface area contributed by atoms with Gasteiger partial charge in [-0.1, -0.05) is 24.3 Å². The quantitative estimate of drug-likeness (QED) is 0.607. The number of carboxylic acid groups (broad SMARTS) is 1. The molecule has 8 heteroatoms. The van der Waals surface area contributed by atoms with E-state index in [1.807, 2.05) is 13.0 Å². The number of aryl methyl sites for hydroxylation is 1. The molecule has 0 radical (unpaired) electrons. The molecule has 3 rings (SSSR count). The van der Waals surface area contributed by atoms with Gasteiger partial charge in [0.25, 0.3) is 11.8 Å². The van der Waals surface area contributed by atoms with E-state index in [1.54, 1.807) is 30.3 Å². The summed E-state index contributed by atoms with van der Waals surface area (Å²) in [6.07, 6.45) is 1.34. The highest BCUT2D eigenvalue weighted by molar-refractivity contribution is 6.39. The molecule has 1 saturated heterocycles. The lowest BCUT2D eigenvalue weighted by Crippen LogP contribution is -2.54. The van der Waals surface area contributed by atoms with Crippen molar-refractivity contribution in [1.29, 1.82) is 0 Å². The van der Waals surface area contributed by atoms with Crippen LogP contribution in [0, 0.1) is 6.92 Å². The third-order valence-corrected chi connectivity index (χ3v) is 3.91. The summed E-state index contributed by atoms with van der Waals surface area (Å²) in [5, 5.41) is 12.6. The van der Waals surface area contributed by atoms with Crippen LogP contribution in [-0.2, 0) is 14.4 Å². The van der Waals surface area contributed by atoms with Crippen LogP contribution in [0.25, 0.3) is 6.08 Å². The Morgan fingerprint density at radius 3 is 2.50 bits per heavy atom. The van der Waals surface area contributed by atoms with E-state index in [0.717, 1.165) is 10.5 Å². The van der Waals surface area contributed by atoms with Crippen molar-refractivity contribution >= 4 is 35.6 Å². The van der Waals surface area contributed by atoms with Crippen LogP contribution in [0.3, 0.4) is 0 Å². The molecule has 0 bridgehead atoms. The number of urea groups is 1. The van der Waals surface area contributed by atoms with E-state index in [0.29, 0.717) is 17.0 Å². The van der Waals surface area contributed by atoms with Gasteiger partial charge in [-0.05, 0) is 48.4 Å². The van der Waals surface area contributed by atoms with Crippen molar-refractivity contribution in [1.82, 2.24) is 5.32 Å². The fourth-order valence-electron chi connectivity index (χ4n) is 2.63. The molecular weight excluding hydrogens is 364 g/mol. The van der Waals surface area contributed by atoms with Gasteiger partial charge in [0.2, 0.25) is 0 Å². The number of carbonyl (C=O) groups is 4. The van der Waals surface area contributed by atoms with Gasteiger partial charge in [-0.2, -0.15) is 0 Å². The Morgan fingerprint density at radius 2 is 1.86 bits per heavy atom. The van der Waals surface area contributed by atoms with Gasteiger partial charge in [0, 0.05) is 0 Å². The van der Waals surface area contributed by atoms with Crippen LogP contribution in [0.2, 0.25) is 0 Å². The molecule has 8 nitrogen and oxygen atoms in total. The second-order valence-electron chi connectivity index (χ2n) is 6.03. The van der Waals surface area contributed by atoms with E-state index in [4.69, 9.17) is 4.74 Å². The molecule has 0 saturated carbocycles. The van der Waals surface area contributed by atoms with Gasteiger partial charge >= 0.3 is 6.03 Å². The van der Waals surface area contributed by atoms with Crippen molar-refractivity contribution in [3.63, 3.8) is 0 Å². The Bertz CT molecular complexity index is 994. The van der Waals surface area contributed by atoms with Crippen molar-refractivity contribution in [3.05, 3.63) is 65.2 Å². The first kappa shape index (κ1) is 18.8. The number of nitrogens with one attached hydrogen (secondary N) is 1. The number of benzene rings is 2. The molecule has 2 aromatic rings. The SMILES string of the molecule is Cc1cccc(N2C(=O)NC(=O)/C(=C/c3ccc(OCC(=O)[O-])cc3)C2=O)c1. The summed E-state index contributed by atoms with van der Waals surface area (Å²) in [5.41, 5.74) is 1.50. The lowest BCUT2D eigenvalue weighted by Gasteiger charge is -2.26. The standard InChI is InChI=1S/C20H16N2O6/c1-12-3-2-4-14(9-12)22-19(26)16(18(25)21-20(22)27)10-13-5-7-15(8-6-13)28-11-17(23)24/h2-10H,11H2,1H3,(H,23,24)(H,21,25,27)/p-1/b16-10-. The first-order valence-electron chi connectivity index (χ1n) is 8.26. The van der Waals surface area contributed by atoms with Crippen molar-refractivity contribution in [3.8, 4) is 5.75 Å². The Morgan fingerprint density at radius 1 is 1.14 bits per heavy atom. The first-order chi connectivity index (χ1) is 13.3. The van der Waals surface area contributed by atoms with Crippen LogP contribution in [0.1, 0.15) is 11.1 Å². The molecule has 0 spiro atoms. The maximum atomic E-state index is 12.8. The molecule has 142 valence electrons. The molecule has 2 aromatic carbocycles. The predicted molar refractivity (Wildman–Crippen MR) is 97.1 cm³/mol. The number of amides is 4. The maximum Gasteiger partial charge on any atom is 0.335 e. The number of anilines is 1. The van der Waals surface area contributed by atoms with Gasteiger partial charge in [-0.15, -0.1) is 0 Å². The van der Waals surface area contributed by atoms with E-state index < -0.39 is 30.4 Å². The van der Waals surface area contributed by atoms with Gasteiger partial charge in [0.15, 0.2) is 0 Å². The summed E-state index contributed by atoms with van der Waals surface area (Å²) < 4.78 is 4.97. The molecule has 0 atom stereocenters. The summed E-state index contributed by atoms with van der Waals surface area (Å²) in [6, 6.07) is 12.0. The Balaban J connectivity index is 1.87. The van der Waals surface area contributed by atoms with Crippen LogP contribution < -0.4 is 20.1 Å². The normalized spacial score (nSPS) is 15.5. The fraction of sp³-hybridized carbons (Fsp3) is 0.100. The third-order valence-electron chi connectivity index (χ3n) is 3.91. The van der Waals surface area contributed by atoms with Crippen molar-refractivity contribution in [2.45, 2.75) is 6.92 Å².